The molecule has 0 bridgehead atoms. The van der Waals surface area contributed by atoms with Crippen molar-refractivity contribution in [2.45, 2.75) is 44.6 Å². The zero-order chi connectivity index (χ0) is 17.1. The third kappa shape index (κ3) is 4.13. The number of amides is 2. The van der Waals surface area contributed by atoms with Gasteiger partial charge in [0, 0.05) is 10.9 Å². The molecule has 128 valence electrons. The Morgan fingerprint density at radius 2 is 1.96 bits per heavy atom. The molecule has 1 atom stereocenters. The van der Waals surface area contributed by atoms with Crippen molar-refractivity contribution in [3.63, 3.8) is 0 Å². The topological polar surface area (TPSA) is 86.4 Å². The molecule has 0 aliphatic heterocycles. The molecule has 3 N–H and O–H groups in total. The van der Waals surface area contributed by atoms with Crippen LogP contribution in [0.15, 0.2) is 0 Å². The van der Waals surface area contributed by atoms with E-state index in [1.54, 1.807) is 0 Å². The first-order valence-electron chi connectivity index (χ1n) is 8.52. The molecule has 3 rings (SSSR count). The van der Waals surface area contributed by atoms with Gasteiger partial charge in [-0.1, -0.05) is 0 Å². The van der Waals surface area contributed by atoms with Gasteiger partial charge < -0.3 is 15.5 Å². The number of nitrogens with zero attached hydrogens (tertiary/aromatic N) is 1. The van der Waals surface area contributed by atoms with Crippen LogP contribution in [0.25, 0.3) is 0 Å². The molecule has 1 aromatic rings. The smallest absolute Gasteiger partial charge is 0.280 e. The summed E-state index contributed by atoms with van der Waals surface area (Å²) in [4.78, 5) is 26.1. The van der Waals surface area contributed by atoms with E-state index in [-0.39, 0.29) is 24.9 Å². The van der Waals surface area contributed by atoms with Crippen LogP contribution in [0.3, 0.4) is 0 Å². The van der Waals surface area contributed by atoms with Crippen LogP contribution in [0, 0.1) is 11.3 Å². The lowest BCUT2D eigenvalue weighted by molar-refractivity contribution is -0.862. The summed E-state index contributed by atoms with van der Waals surface area (Å²) in [5, 5.41) is 15.9. The number of carbonyl (C=O) groups excluding carboxylic acids is 2. The Hall–Kier alpha value is -1.91. The van der Waals surface area contributed by atoms with Crippen LogP contribution in [0.1, 0.15) is 41.7 Å². The van der Waals surface area contributed by atoms with Gasteiger partial charge in [-0.25, -0.2) is 0 Å². The van der Waals surface area contributed by atoms with E-state index in [0.717, 1.165) is 49.0 Å². The Kier molecular flexibility index (Phi) is 5.17. The largest absolute Gasteiger partial charge is 0.348 e. The Morgan fingerprint density at radius 1 is 1.25 bits per heavy atom. The molecular weight excluding hydrogens is 324 g/mol. The molecule has 2 amide bonds. The van der Waals surface area contributed by atoms with Gasteiger partial charge in [0.15, 0.2) is 13.1 Å². The number of rotatable bonds is 6. The molecule has 1 saturated carbocycles. The van der Waals surface area contributed by atoms with Crippen molar-refractivity contribution in [1.29, 1.82) is 5.26 Å². The van der Waals surface area contributed by atoms with Gasteiger partial charge in [-0.3, -0.25) is 9.59 Å². The van der Waals surface area contributed by atoms with Gasteiger partial charge in [-0.15, -0.1) is 11.3 Å². The summed E-state index contributed by atoms with van der Waals surface area (Å²) in [7, 11) is 1.83. The van der Waals surface area contributed by atoms with Crippen molar-refractivity contribution >= 4 is 28.2 Å². The molecule has 0 aromatic carbocycles. The van der Waals surface area contributed by atoms with E-state index in [4.69, 9.17) is 0 Å². The number of hydrogen-bond acceptors (Lipinski definition) is 4. The van der Waals surface area contributed by atoms with Gasteiger partial charge in [0.1, 0.15) is 11.1 Å². The molecule has 7 heteroatoms. The number of likely N-dealkylation sites (N-methyl/N-ethyl adjacent to an activating group) is 1. The maximum absolute atomic E-state index is 12.3. The minimum atomic E-state index is -0.151. The number of nitrogens with one attached hydrogen (secondary N) is 3. The van der Waals surface area contributed by atoms with Crippen LogP contribution in [0.2, 0.25) is 0 Å². The summed E-state index contributed by atoms with van der Waals surface area (Å²) in [6, 6.07) is 2.59. The van der Waals surface area contributed by atoms with Crippen LogP contribution in [0.4, 0.5) is 5.00 Å². The van der Waals surface area contributed by atoms with Crippen molar-refractivity contribution in [2.75, 3.05) is 25.5 Å². The molecule has 24 heavy (non-hydrogen) atoms. The number of fused-ring (bicyclic) bond motifs is 1. The minimum absolute atomic E-state index is 0.00731. The molecule has 2 aliphatic carbocycles. The molecule has 2 aliphatic rings. The molecule has 1 fully saturated rings. The second-order valence-electron chi connectivity index (χ2n) is 6.73. The fourth-order valence-electron chi connectivity index (χ4n) is 3.06. The third-order valence-corrected chi connectivity index (χ3v) is 5.61. The summed E-state index contributed by atoms with van der Waals surface area (Å²) in [6.45, 7) is 0.501. The van der Waals surface area contributed by atoms with Gasteiger partial charge in [-0.05, 0) is 44.1 Å². The highest BCUT2D eigenvalue weighted by Gasteiger charge is 2.26. The lowest BCUT2D eigenvalue weighted by atomic mass is 9.96. The highest BCUT2D eigenvalue weighted by Crippen LogP contribution is 2.37. The molecule has 6 nitrogen and oxygen atoms in total. The quantitative estimate of drug-likeness (QED) is 0.689. The van der Waals surface area contributed by atoms with Crippen molar-refractivity contribution in [2.24, 2.45) is 0 Å². The second kappa shape index (κ2) is 7.32. The standard InChI is InChI=1S/C17H22N4O2S/c1-21(9-15(22)19-11-6-7-11)10-16(23)20-17-13(8-18)12-4-2-3-5-14(12)24-17/h11H,2-7,9-10H2,1H3,(H,19,22)(H,20,23)/p+1. The minimum Gasteiger partial charge on any atom is -0.348 e. The molecule has 0 radical (unpaired) electrons. The van der Waals surface area contributed by atoms with Gasteiger partial charge in [0.05, 0.1) is 12.6 Å². The molecule has 0 saturated heterocycles. The van der Waals surface area contributed by atoms with Gasteiger partial charge in [0.25, 0.3) is 11.8 Å². The van der Waals surface area contributed by atoms with Crippen LogP contribution in [0.5, 0.6) is 0 Å². The molecular formula is C17H23N4O2S+. The molecule has 1 aromatic heterocycles. The number of aryl methyl sites for hydroxylation is 1. The summed E-state index contributed by atoms with van der Waals surface area (Å²) in [6.07, 6.45) is 6.30. The van der Waals surface area contributed by atoms with Crippen LogP contribution >= 0.6 is 11.3 Å². The second-order valence-corrected chi connectivity index (χ2v) is 7.83. The van der Waals surface area contributed by atoms with E-state index in [2.05, 4.69) is 16.7 Å². The molecule has 1 unspecified atom stereocenters. The van der Waals surface area contributed by atoms with Crippen LogP contribution in [-0.2, 0) is 22.4 Å². The fourth-order valence-corrected chi connectivity index (χ4v) is 4.32. The Morgan fingerprint density at radius 3 is 2.67 bits per heavy atom. The number of anilines is 1. The third-order valence-electron chi connectivity index (χ3n) is 4.40. The normalized spacial score (nSPS) is 17.5. The van der Waals surface area contributed by atoms with Crippen molar-refractivity contribution in [1.82, 2.24) is 5.32 Å². The SMILES string of the molecule is C[NH+](CC(=O)Nc1sc2c(c1C#N)CCCC2)CC(=O)NC1CC1. The summed E-state index contributed by atoms with van der Waals surface area (Å²) < 4.78 is 0. The van der Waals surface area contributed by atoms with E-state index in [9.17, 15) is 14.9 Å². The zero-order valence-corrected chi connectivity index (χ0v) is 14.7. The van der Waals surface area contributed by atoms with E-state index in [0.29, 0.717) is 16.6 Å². The average molecular weight is 347 g/mol. The van der Waals surface area contributed by atoms with Gasteiger partial charge in [-0.2, -0.15) is 5.26 Å². The Balaban J connectivity index is 1.55. The van der Waals surface area contributed by atoms with Crippen molar-refractivity contribution in [3.8, 4) is 6.07 Å². The van der Waals surface area contributed by atoms with E-state index < -0.39 is 0 Å². The predicted molar refractivity (Wildman–Crippen MR) is 92.1 cm³/mol. The molecule has 0 spiro atoms. The number of hydrogen-bond donors (Lipinski definition) is 3. The first-order chi connectivity index (χ1) is 11.6. The van der Waals surface area contributed by atoms with Gasteiger partial charge in [0.2, 0.25) is 0 Å². The van der Waals surface area contributed by atoms with Crippen LogP contribution < -0.4 is 15.5 Å². The van der Waals surface area contributed by atoms with E-state index >= 15 is 0 Å². The van der Waals surface area contributed by atoms with E-state index in [1.165, 1.54) is 16.2 Å². The van der Waals surface area contributed by atoms with Gasteiger partial charge >= 0.3 is 0 Å². The average Bonchev–Trinajstić information content (AvgIpc) is 3.26. The first kappa shape index (κ1) is 16.9. The number of quaternary nitrogens is 1. The highest BCUT2D eigenvalue weighted by molar-refractivity contribution is 7.16. The lowest BCUT2D eigenvalue weighted by Gasteiger charge is -2.13. The van der Waals surface area contributed by atoms with Crippen LogP contribution in [-0.4, -0.2) is 38.0 Å². The summed E-state index contributed by atoms with van der Waals surface area (Å²) in [5.41, 5.74) is 1.75. The lowest BCUT2D eigenvalue weighted by Crippen LogP contribution is -3.11. The number of thiophene rings is 1. The number of carbonyl (C=O) groups is 2. The Labute approximate surface area is 145 Å². The predicted octanol–water partition coefficient (Wildman–Crippen LogP) is 0.230. The monoisotopic (exact) mass is 347 g/mol. The van der Waals surface area contributed by atoms with Crippen molar-refractivity contribution in [3.05, 3.63) is 16.0 Å². The zero-order valence-electron chi connectivity index (χ0n) is 13.9. The number of nitriles is 1. The molecule has 1 heterocycles. The maximum atomic E-state index is 12.3. The van der Waals surface area contributed by atoms with Crippen molar-refractivity contribution < 1.29 is 14.5 Å². The first-order valence-corrected chi connectivity index (χ1v) is 9.33. The van der Waals surface area contributed by atoms with E-state index in [1.807, 2.05) is 7.05 Å². The Bertz CT molecular complexity index is 687. The fraction of sp³-hybridized carbons (Fsp3) is 0.588. The highest BCUT2D eigenvalue weighted by atomic mass is 32.1. The summed E-state index contributed by atoms with van der Waals surface area (Å²) >= 11 is 1.53. The summed E-state index contributed by atoms with van der Waals surface area (Å²) in [5.74, 6) is -0.158. The maximum Gasteiger partial charge on any atom is 0.280 e.